The molecule has 0 bridgehead atoms. The normalized spacial score (nSPS) is 10.5. The van der Waals surface area contributed by atoms with Gasteiger partial charge in [0.05, 0.1) is 0 Å². The maximum atomic E-state index is 5.87. The van der Waals surface area contributed by atoms with Crippen LogP contribution >= 0.6 is 0 Å². The highest BCUT2D eigenvalue weighted by Gasteiger charge is 2.02. The Morgan fingerprint density at radius 2 is 1.60 bits per heavy atom. The second-order valence-electron chi connectivity index (χ2n) is 4.99. The molecule has 0 saturated carbocycles. The molecule has 0 saturated heterocycles. The zero-order chi connectivity index (χ0) is 14.2. The standard InChI is InChI=1S/C18H23NO/c1-2-5-15-8-10-18(11-9-15)20-14-17-7-4-3-6-16(17)12-13-19/h3-4,6-11H,2,5,12-14,19H2,1H3. The van der Waals surface area contributed by atoms with Gasteiger partial charge < -0.3 is 10.5 Å². The van der Waals surface area contributed by atoms with E-state index in [0.717, 1.165) is 18.6 Å². The lowest BCUT2D eigenvalue weighted by atomic mass is 10.1. The van der Waals surface area contributed by atoms with Crippen LogP contribution in [0.25, 0.3) is 0 Å². The second kappa shape index (κ2) is 7.71. The van der Waals surface area contributed by atoms with E-state index in [1.165, 1.54) is 23.1 Å². The molecule has 2 aromatic rings. The lowest BCUT2D eigenvalue weighted by molar-refractivity contribution is 0.305. The zero-order valence-electron chi connectivity index (χ0n) is 12.1. The van der Waals surface area contributed by atoms with Gasteiger partial charge in [0.15, 0.2) is 0 Å². The summed E-state index contributed by atoms with van der Waals surface area (Å²) < 4.78 is 5.87. The van der Waals surface area contributed by atoms with Crippen molar-refractivity contribution in [1.29, 1.82) is 0 Å². The molecule has 0 heterocycles. The lowest BCUT2D eigenvalue weighted by Crippen LogP contribution is -2.07. The molecule has 0 amide bonds. The van der Waals surface area contributed by atoms with Gasteiger partial charge in [0.25, 0.3) is 0 Å². The second-order valence-corrected chi connectivity index (χ2v) is 4.99. The summed E-state index contributed by atoms with van der Waals surface area (Å²) in [5.41, 5.74) is 9.50. The van der Waals surface area contributed by atoms with Gasteiger partial charge in [-0.3, -0.25) is 0 Å². The predicted molar refractivity (Wildman–Crippen MR) is 84.0 cm³/mol. The summed E-state index contributed by atoms with van der Waals surface area (Å²) in [6.07, 6.45) is 3.20. The molecule has 0 radical (unpaired) electrons. The van der Waals surface area contributed by atoms with Gasteiger partial charge in [0.1, 0.15) is 12.4 Å². The van der Waals surface area contributed by atoms with E-state index in [0.29, 0.717) is 13.2 Å². The average Bonchev–Trinajstić information content (AvgIpc) is 2.48. The van der Waals surface area contributed by atoms with Gasteiger partial charge in [-0.1, -0.05) is 49.7 Å². The van der Waals surface area contributed by atoms with E-state index in [2.05, 4.69) is 43.3 Å². The van der Waals surface area contributed by atoms with Gasteiger partial charge in [0.2, 0.25) is 0 Å². The Labute approximate surface area is 121 Å². The van der Waals surface area contributed by atoms with Gasteiger partial charge in [-0.2, -0.15) is 0 Å². The lowest BCUT2D eigenvalue weighted by Gasteiger charge is -2.11. The molecular formula is C18H23NO. The third-order valence-electron chi connectivity index (χ3n) is 3.39. The maximum absolute atomic E-state index is 5.87. The van der Waals surface area contributed by atoms with Crippen molar-refractivity contribution in [3.63, 3.8) is 0 Å². The molecule has 2 aromatic carbocycles. The van der Waals surface area contributed by atoms with Crippen LogP contribution in [0.5, 0.6) is 5.75 Å². The first-order valence-electron chi connectivity index (χ1n) is 7.32. The van der Waals surface area contributed by atoms with Crippen molar-refractivity contribution in [3.05, 3.63) is 65.2 Å². The summed E-state index contributed by atoms with van der Waals surface area (Å²) in [5.74, 6) is 0.924. The first kappa shape index (κ1) is 14.6. The quantitative estimate of drug-likeness (QED) is 0.831. The van der Waals surface area contributed by atoms with Crippen molar-refractivity contribution in [3.8, 4) is 5.75 Å². The number of ether oxygens (including phenoxy) is 1. The summed E-state index contributed by atoms with van der Waals surface area (Å²) in [7, 11) is 0. The van der Waals surface area contributed by atoms with Crippen molar-refractivity contribution in [2.75, 3.05) is 6.54 Å². The number of rotatable bonds is 7. The first-order valence-corrected chi connectivity index (χ1v) is 7.32. The Bertz CT molecular complexity index is 519. The molecule has 20 heavy (non-hydrogen) atoms. The molecule has 0 atom stereocenters. The smallest absolute Gasteiger partial charge is 0.119 e. The highest BCUT2D eigenvalue weighted by atomic mass is 16.5. The molecule has 0 spiro atoms. The van der Waals surface area contributed by atoms with Crippen molar-refractivity contribution in [2.45, 2.75) is 32.8 Å². The average molecular weight is 269 g/mol. The summed E-state index contributed by atoms with van der Waals surface area (Å²) >= 11 is 0. The van der Waals surface area contributed by atoms with Gasteiger partial charge in [0, 0.05) is 0 Å². The zero-order valence-corrected chi connectivity index (χ0v) is 12.1. The van der Waals surface area contributed by atoms with Crippen molar-refractivity contribution < 1.29 is 4.74 Å². The molecule has 2 N–H and O–H groups in total. The first-order chi connectivity index (χ1) is 9.83. The minimum atomic E-state index is 0.600. The minimum Gasteiger partial charge on any atom is -0.489 e. The van der Waals surface area contributed by atoms with Gasteiger partial charge in [-0.25, -0.2) is 0 Å². The van der Waals surface area contributed by atoms with Crippen molar-refractivity contribution in [2.24, 2.45) is 5.73 Å². The van der Waals surface area contributed by atoms with Crippen LogP contribution in [0.2, 0.25) is 0 Å². The maximum Gasteiger partial charge on any atom is 0.119 e. The summed E-state index contributed by atoms with van der Waals surface area (Å²) in [5, 5.41) is 0. The van der Waals surface area contributed by atoms with Gasteiger partial charge >= 0.3 is 0 Å². The van der Waals surface area contributed by atoms with Crippen LogP contribution in [0.1, 0.15) is 30.0 Å². The molecule has 0 aliphatic heterocycles. The van der Waals surface area contributed by atoms with Crippen LogP contribution in [0.4, 0.5) is 0 Å². The fourth-order valence-corrected chi connectivity index (χ4v) is 2.30. The number of benzene rings is 2. The van der Waals surface area contributed by atoms with Crippen molar-refractivity contribution in [1.82, 2.24) is 0 Å². The van der Waals surface area contributed by atoms with Crippen LogP contribution in [0.15, 0.2) is 48.5 Å². The topological polar surface area (TPSA) is 35.2 Å². The Kier molecular flexibility index (Phi) is 5.63. The molecule has 0 unspecified atom stereocenters. The van der Waals surface area contributed by atoms with E-state index in [1.807, 2.05) is 12.1 Å². The van der Waals surface area contributed by atoms with Crippen LogP contribution in [0, 0.1) is 0 Å². The Morgan fingerprint density at radius 3 is 2.25 bits per heavy atom. The molecule has 0 aromatic heterocycles. The number of aryl methyl sites for hydroxylation is 1. The van der Waals surface area contributed by atoms with Gasteiger partial charge in [-0.05, 0) is 48.2 Å². The van der Waals surface area contributed by atoms with E-state index in [4.69, 9.17) is 10.5 Å². The van der Waals surface area contributed by atoms with Crippen LogP contribution in [0.3, 0.4) is 0 Å². The monoisotopic (exact) mass is 269 g/mol. The third kappa shape index (κ3) is 4.10. The number of hydrogen-bond donors (Lipinski definition) is 1. The van der Waals surface area contributed by atoms with E-state index in [1.54, 1.807) is 0 Å². The molecule has 0 fully saturated rings. The Hall–Kier alpha value is -1.80. The van der Waals surface area contributed by atoms with Crippen LogP contribution < -0.4 is 10.5 Å². The minimum absolute atomic E-state index is 0.600. The molecule has 0 aliphatic carbocycles. The predicted octanol–water partition coefficient (Wildman–Crippen LogP) is 3.72. The summed E-state index contributed by atoms with van der Waals surface area (Å²) in [4.78, 5) is 0. The van der Waals surface area contributed by atoms with E-state index >= 15 is 0 Å². The van der Waals surface area contributed by atoms with Crippen LogP contribution in [-0.4, -0.2) is 6.54 Å². The molecular weight excluding hydrogens is 246 g/mol. The fourth-order valence-electron chi connectivity index (χ4n) is 2.30. The van der Waals surface area contributed by atoms with E-state index in [9.17, 15) is 0 Å². The largest absolute Gasteiger partial charge is 0.489 e. The fraction of sp³-hybridized carbons (Fsp3) is 0.333. The number of nitrogens with two attached hydrogens (primary N) is 1. The summed E-state index contributed by atoms with van der Waals surface area (Å²) in [6.45, 7) is 3.46. The summed E-state index contributed by atoms with van der Waals surface area (Å²) in [6, 6.07) is 16.7. The molecule has 106 valence electrons. The van der Waals surface area contributed by atoms with Gasteiger partial charge in [-0.15, -0.1) is 0 Å². The molecule has 2 nitrogen and oxygen atoms in total. The SMILES string of the molecule is CCCc1ccc(OCc2ccccc2CCN)cc1. The highest BCUT2D eigenvalue weighted by molar-refractivity contribution is 5.30. The molecule has 2 rings (SSSR count). The highest BCUT2D eigenvalue weighted by Crippen LogP contribution is 2.17. The Balaban J connectivity index is 1.97. The van der Waals surface area contributed by atoms with Crippen LogP contribution in [-0.2, 0) is 19.4 Å². The number of hydrogen-bond acceptors (Lipinski definition) is 2. The van der Waals surface area contributed by atoms with E-state index in [-0.39, 0.29) is 0 Å². The van der Waals surface area contributed by atoms with Crippen molar-refractivity contribution >= 4 is 0 Å². The van der Waals surface area contributed by atoms with E-state index < -0.39 is 0 Å². The Morgan fingerprint density at radius 1 is 0.900 bits per heavy atom. The third-order valence-corrected chi connectivity index (χ3v) is 3.39. The molecule has 2 heteroatoms. The molecule has 0 aliphatic rings.